The molecule has 0 bridgehead atoms. The second kappa shape index (κ2) is 10.7. The molecule has 1 aromatic carbocycles. The van der Waals surface area contributed by atoms with Gasteiger partial charge in [-0.05, 0) is 36.5 Å². The lowest BCUT2D eigenvalue weighted by Gasteiger charge is -2.26. The van der Waals surface area contributed by atoms with E-state index in [9.17, 15) is 14.2 Å². The summed E-state index contributed by atoms with van der Waals surface area (Å²) in [6.07, 6.45) is -0.0779. The number of benzene rings is 1. The largest absolute Gasteiger partial charge is 0.497 e. The number of ether oxygens (including phenoxy) is 1. The van der Waals surface area contributed by atoms with Crippen molar-refractivity contribution in [2.45, 2.75) is 38.8 Å². The second-order valence-corrected chi connectivity index (χ2v) is 8.75. The van der Waals surface area contributed by atoms with Gasteiger partial charge in [-0.3, -0.25) is 24.4 Å². The van der Waals surface area contributed by atoms with Crippen molar-refractivity contribution in [2.75, 3.05) is 20.4 Å². The van der Waals surface area contributed by atoms with E-state index in [0.29, 0.717) is 12.2 Å². The fourth-order valence-electron chi connectivity index (χ4n) is 2.67. The van der Waals surface area contributed by atoms with Crippen molar-refractivity contribution in [2.24, 2.45) is 11.7 Å². The lowest BCUT2D eigenvalue weighted by Crippen LogP contribution is -2.52. The number of likely N-dealkylation sites (N-methyl/N-ethyl adjacent to an activating group) is 1. The molecule has 5 N–H and O–H groups in total. The van der Waals surface area contributed by atoms with Gasteiger partial charge in [0.15, 0.2) is 0 Å². The van der Waals surface area contributed by atoms with Crippen LogP contribution in [0, 0.1) is 5.92 Å². The Bertz CT molecular complexity index is 704. The molecule has 0 spiro atoms. The third kappa shape index (κ3) is 8.08. The number of rotatable bonds is 10. The van der Waals surface area contributed by atoms with Gasteiger partial charge in [0.05, 0.1) is 25.5 Å². The van der Waals surface area contributed by atoms with Gasteiger partial charge in [-0.25, -0.2) is 0 Å². The molecule has 0 fully saturated rings. The standard InChI is InChI=1S/C18H30N3O6P/c1-12(2)9-16(20-11-28(24,25)26)18(23)21(3)17(22)15(19)10-13-5-7-14(27-4)8-6-13/h5-8,12,15-16,20H,9-11,19H2,1-4H3,(H2,24,25,26)/t15-,16-/m0/s1. The van der Waals surface area contributed by atoms with Crippen molar-refractivity contribution in [3.8, 4) is 5.75 Å². The number of carbonyl (C=O) groups is 2. The molecule has 0 unspecified atom stereocenters. The van der Waals surface area contributed by atoms with Gasteiger partial charge in [0, 0.05) is 7.05 Å². The van der Waals surface area contributed by atoms with Crippen LogP contribution in [0.25, 0.3) is 0 Å². The predicted molar refractivity (Wildman–Crippen MR) is 106 cm³/mol. The van der Waals surface area contributed by atoms with Crippen molar-refractivity contribution in [1.29, 1.82) is 0 Å². The van der Waals surface area contributed by atoms with Gasteiger partial charge in [-0.2, -0.15) is 0 Å². The summed E-state index contributed by atoms with van der Waals surface area (Å²) in [4.78, 5) is 44.3. The zero-order valence-corrected chi connectivity index (χ0v) is 17.6. The van der Waals surface area contributed by atoms with Crippen LogP contribution in [0.15, 0.2) is 24.3 Å². The van der Waals surface area contributed by atoms with Crippen LogP contribution in [0.4, 0.5) is 0 Å². The number of methoxy groups -OCH3 is 1. The van der Waals surface area contributed by atoms with Gasteiger partial charge >= 0.3 is 7.60 Å². The van der Waals surface area contributed by atoms with Crippen molar-refractivity contribution >= 4 is 19.4 Å². The van der Waals surface area contributed by atoms with E-state index in [0.717, 1.165) is 10.5 Å². The van der Waals surface area contributed by atoms with Crippen molar-refractivity contribution in [1.82, 2.24) is 10.2 Å². The molecule has 9 nitrogen and oxygen atoms in total. The second-order valence-electron chi connectivity index (χ2n) is 7.10. The Labute approximate surface area is 165 Å². The Morgan fingerprint density at radius 1 is 1.21 bits per heavy atom. The molecular weight excluding hydrogens is 385 g/mol. The van der Waals surface area contributed by atoms with E-state index in [2.05, 4.69) is 5.32 Å². The van der Waals surface area contributed by atoms with E-state index in [4.69, 9.17) is 20.3 Å². The van der Waals surface area contributed by atoms with E-state index >= 15 is 0 Å². The summed E-state index contributed by atoms with van der Waals surface area (Å²) < 4.78 is 16.2. The fraction of sp³-hybridized carbons (Fsp3) is 0.556. The first kappa shape index (κ1) is 24.3. The van der Waals surface area contributed by atoms with Crippen LogP contribution >= 0.6 is 7.60 Å². The highest BCUT2D eigenvalue weighted by molar-refractivity contribution is 7.51. The van der Waals surface area contributed by atoms with Crippen LogP contribution in [0.2, 0.25) is 0 Å². The number of amides is 2. The lowest BCUT2D eigenvalue weighted by molar-refractivity contribution is -0.145. The normalized spacial score (nSPS) is 13.9. The van der Waals surface area contributed by atoms with E-state index in [1.165, 1.54) is 7.05 Å². The molecule has 1 aromatic rings. The minimum atomic E-state index is -4.33. The Hall–Kier alpha value is -1.77. The van der Waals surface area contributed by atoms with E-state index in [-0.39, 0.29) is 12.3 Å². The Morgan fingerprint density at radius 3 is 2.25 bits per heavy atom. The zero-order valence-electron chi connectivity index (χ0n) is 16.7. The molecule has 0 aliphatic carbocycles. The van der Waals surface area contributed by atoms with Crippen molar-refractivity contribution < 1.29 is 28.7 Å². The summed E-state index contributed by atoms with van der Waals surface area (Å²) >= 11 is 0. The molecule has 1 rings (SSSR count). The first-order chi connectivity index (χ1) is 12.9. The Morgan fingerprint density at radius 2 is 1.79 bits per heavy atom. The first-order valence-corrected chi connectivity index (χ1v) is 10.7. The summed E-state index contributed by atoms with van der Waals surface area (Å²) in [5.74, 6) is -0.372. The van der Waals surface area contributed by atoms with Crippen molar-refractivity contribution in [3.05, 3.63) is 29.8 Å². The number of carbonyl (C=O) groups excluding carboxylic acids is 2. The van der Waals surface area contributed by atoms with Crippen molar-refractivity contribution in [3.63, 3.8) is 0 Å². The lowest BCUT2D eigenvalue weighted by atomic mass is 10.0. The maximum Gasteiger partial charge on any atom is 0.339 e. The summed E-state index contributed by atoms with van der Waals surface area (Å²) in [6, 6.07) is 5.27. The minimum absolute atomic E-state index is 0.0784. The highest BCUT2D eigenvalue weighted by atomic mass is 31.2. The molecule has 0 saturated heterocycles. The Kier molecular flexibility index (Phi) is 9.26. The first-order valence-electron chi connectivity index (χ1n) is 8.92. The van der Waals surface area contributed by atoms with E-state index in [1.54, 1.807) is 31.4 Å². The molecule has 10 heteroatoms. The van der Waals surface area contributed by atoms with Gasteiger partial charge in [0.2, 0.25) is 11.8 Å². The molecule has 0 saturated carbocycles. The monoisotopic (exact) mass is 415 g/mol. The smallest absolute Gasteiger partial charge is 0.339 e. The van der Waals surface area contributed by atoms with Crippen LogP contribution in [-0.2, 0) is 20.6 Å². The third-order valence-electron chi connectivity index (χ3n) is 4.14. The van der Waals surface area contributed by atoms with E-state index in [1.807, 2.05) is 13.8 Å². The van der Waals surface area contributed by atoms with Crippen LogP contribution in [-0.4, -0.2) is 59.0 Å². The van der Waals surface area contributed by atoms with Crippen LogP contribution in [0.1, 0.15) is 25.8 Å². The van der Waals surface area contributed by atoms with Crippen LogP contribution in [0.5, 0.6) is 5.75 Å². The number of nitrogens with zero attached hydrogens (tertiary/aromatic N) is 1. The molecule has 0 radical (unpaired) electrons. The predicted octanol–water partition coefficient (Wildman–Crippen LogP) is 0.690. The van der Waals surface area contributed by atoms with E-state index < -0.39 is 37.8 Å². The minimum Gasteiger partial charge on any atom is -0.497 e. The maximum absolute atomic E-state index is 12.7. The molecule has 158 valence electrons. The number of nitrogens with one attached hydrogen (secondary N) is 1. The van der Waals surface area contributed by atoms with Gasteiger partial charge in [0.25, 0.3) is 0 Å². The molecule has 0 heterocycles. The number of imide groups is 1. The molecular formula is C18H30N3O6P. The average Bonchev–Trinajstić information content (AvgIpc) is 2.62. The SMILES string of the molecule is COc1ccc(C[C@H](N)C(=O)N(C)C(=O)[C@H](CC(C)C)NCP(=O)(O)O)cc1. The molecule has 0 aliphatic rings. The van der Waals surface area contributed by atoms with Gasteiger partial charge in [-0.1, -0.05) is 26.0 Å². The molecule has 0 aromatic heterocycles. The highest BCUT2D eigenvalue weighted by Gasteiger charge is 2.30. The third-order valence-corrected chi connectivity index (χ3v) is 4.74. The summed E-state index contributed by atoms with van der Waals surface area (Å²) in [6.45, 7) is 3.74. The topological polar surface area (TPSA) is 142 Å². The fourth-order valence-corrected chi connectivity index (χ4v) is 3.12. The molecule has 2 amide bonds. The molecule has 28 heavy (non-hydrogen) atoms. The van der Waals surface area contributed by atoms with Gasteiger partial charge < -0.3 is 20.3 Å². The maximum atomic E-state index is 12.7. The zero-order chi connectivity index (χ0) is 21.5. The van der Waals surface area contributed by atoms with Gasteiger partial charge in [-0.15, -0.1) is 0 Å². The highest BCUT2D eigenvalue weighted by Crippen LogP contribution is 2.32. The quantitative estimate of drug-likeness (QED) is 0.409. The van der Waals surface area contributed by atoms with Crippen LogP contribution < -0.4 is 15.8 Å². The number of nitrogens with two attached hydrogens (primary N) is 1. The number of hydrogen-bond acceptors (Lipinski definition) is 6. The molecule has 0 aliphatic heterocycles. The summed E-state index contributed by atoms with van der Waals surface area (Å²) in [5, 5.41) is 2.57. The summed E-state index contributed by atoms with van der Waals surface area (Å²) in [7, 11) is -1.45. The average molecular weight is 415 g/mol. The Balaban J connectivity index is 2.79. The summed E-state index contributed by atoms with van der Waals surface area (Å²) in [5.41, 5.74) is 6.80. The van der Waals surface area contributed by atoms with Gasteiger partial charge in [0.1, 0.15) is 5.75 Å². The van der Waals surface area contributed by atoms with Crippen LogP contribution in [0.3, 0.4) is 0 Å². The number of hydrogen-bond donors (Lipinski definition) is 4. The molecule has 2 atom stereocenters.